The summed E-state index contributed by atoms with van der Waals surface area (Å²) in [6.45, 7) is 4.98. The number of nitrogens with zero attached hydrogens (tertiary/aromatic N) is 4. The van der Waals surface area contributed by atoms with Gasteiger partial charge in [0.1, 0.15) is 5.71 Å². The van der Waals surface area contributed by atoms with E-state index in [-0.39, 0.29) is 5.91 Å². The van der Waals surface area contributed by atoms with Crippen molar-refractivity contribution in [1.29, 1.82) is 0 Å². The maximum Gasteiger partial charge on any atom is 0.265 e. The average molecular weight is 477 g/mol. The molecular formula is C29H28N6O. The fraction of sp³-hybridized carbons (Fsp3) is 0.138. The highest BCUT2D eigenvalue weighted by molar-refractivity contribution is 6.40. The number of amides is 1. The summed E-state index contributed by atoms with van der Waals surface area (Å²) >= 11 is 0. The van der Waals surface area contributed by atoms with E-state index in [2.05, 4.69) is 26.9 Å². The van der Waals surface area contributed by atoms with Crippen molar-refractivity contribution in [3.05, 3.63) is 126 Å². The van der Waals surface area contributed by atoms with E-state index in [9.17, 15) is 4.79 Å². The Morgan fingerprint density at radius 1 is 1.03 bits per heavy atom. The zero-order valence-corrected chi connectivity index (χ0v) is 20.0. The lowest BCUT2D eigenvalue weighted by molar-refractivity contribution is -0.114. The van der Waals surface area contributed by atoms with Crippen LogP contribution in [-0.4, -0.2) is 33.8 Å². The maximum atomic E-state index is 13.0. The van der Waals surface area contributed by atoms with E-state index in [1.807, 2.05) is 60.7 Å². The Bertz CT molecular complexity index is 1320. The molecule has 4 rings (SSSR count). The third kappa shape index (κ3) is 6.55. The van der Waals surface area contributed by atoms with Crippen LogP contribution in [0.1, 0.15) is 28.8 Å². The molecule has 0 fully saturated rings. The van der Waals surface area contributed by atoms with Gasteiger partial charge in [-0.3, -0.25) is 19.8 Å². The third-order valence-electron chi connectivity index (χ3n) is 5.60. The quantitative estimate of drug-likeness (QED) is 0.537. The van der Waals surface area contributed by atoms with Crippen LogP contribution >= 0.6 is 0 Å². The maximum absolute atomic E-state index is 13.0. The fourth-order valence-corrected chi connectivity index (χ4v) is 3.71. The second-order valence-electron chi connectivity index (χ2n) is 8.13. The summed E-state index contributed by atoms with van der Waals surface area (Å²) < 4.78 is 0. The van der Waals surface area contributed by atoms with Crippen LogP contribution in [0.15, 0.2) is 114 Å². The number of nitrogens with one attached hydrogen (secondary N) is 1. The van der Waals surface area contributed by atoms with Crippen molar-refractivity contribution >= 4 is 22.9 Å². The Kier molecular flexibility index (Phi) is 8.40. The first kappa shape index (κ1) is 24.6. The Morgan fingerprint density at radius 2 is 1.83 bits per heavy atom. The van der Waals surface area contributed by atoms with E-state index < -0.39 is 0 Å². The van der Waals surface area contributed by atoms with Crippen LogP contribution < -0.4 is 11.1 Å². The molecule has 1 aliphatic rings. The number of allylic oxidation sites excluding steroid dienone is 3. The minimum Gasteiger partial charge on any atom is -0.351 e. The van der Waals surface area contributed by atoms with Gasteiger partial charge < -0.3 is 11.1 Å². The topological polar surface area (TPSA) is 106 Å². The smallest absolute Gasteiger partial charge is 0.265 e. The number of aromatic nitrogens is 2. The van der Waals surface area contributed by atoms with Crippen LogP contribution in [-0.2, 0) is 17.8 Å². The molecule has 0 radical (unpaired) electrons. The van der Waals surface area contributed by atoms with E-state index in [0.717, 1.165) is 33.7 Å². The molecule has 1 aliphatic heterocycles. The molecule has 0 bridgehead atoms. The molecule has 3 aromatic rings. The number of nitrogens with two attached hydrogens (primary N) is 1. The molecule has 7 nitrogen and oxygen atoms in total. The first-order valence-corrected chi connectivity index (χ1v) is 11.7. The molecular weight excluding hydrogens is 448 g/mol. The Labute approximate surface area is 210 Å². The van der Waals surface area contributed by atoms with Crippen molar-refractivity contribution in [2.45, 2.75) is 19.4 Å². The first-order chi connectivity index (χ1) is 17.6. The Balaban J connectivity index is 1.64. The molecule has 7 heteroatoms. The second-order valence-corrected chi connectivity index (χ2v) is 8.13. The van der Waals surface area contributed by atoms with Gasteiger partial charge in [-0.2, -0.15) is 0 Å². The number of benzene rings is 2. The summed E-state index contributed by atoms with van der Waals surface area (Å²) in [6, 6.07) is 18.0. The van der Waals surface area contributed by atoms with Crippen molar-refractivity contribution < 1.29 is 4.79 Å². The normalized spacial score (nSPS) is 19.1. The fourth-order valence-electron chi connectivity index (χ4n) is 3.71. The summed E-state index contributed by atoms with van der Waals surface area (Å²) in [6.07, 6.45) is 11.1. The summed E-state index contributed by atoms with van der Waals surface area (Å²) in [5.41, 5.74) is 12.2. The molecule has 0 saturated carbocycles. The van der Waals surface area contributed by atoms with Crippen LogP contribution in [0.2, 0.25) is 0 Å². The number of rotatable bonds is 7. The minimum atomic E-state index is -0.232. The Morgan fingerprint density at radius 3 is 2.56 bits per heavy atom. The molecule has 2 aromatic carbocycles. The van der Waals surface area contributed by atoms with Gasteiger partial charge in [-0.05, 0) is 17.2 Å². The molecule has 1 aromatic heterocycles. The number of carbonyl (C=O) groups excluding carboxylic acids is 1. The lowest BCUT2D eigenvalue weighted by Crippen LogP contribution is -2.32. The van der Waals surface area contributed by atoms with Gasteiger partial charge in [0.2, 0.25) is 0 Å². The SMILES string of the molecule is C=C1/C=C\N=C(\C(=O)NCCc2cnccn2)C/C=C(c2ccccc2)\C(c2ccc(CN)cc2)=N/1. The molecule has 0 atom stereocenters. The van der Waals surface area contributed by atoms with Crippen LogP contribution in [0, 0.1) is 0 Å². The molecule has 0 spiro atoms. The molecule has 0 saturated heterocycles. The standard InChI is InChI=1S/C29H28N6O/c1-21-13-15-33-27(29(36)34-16-14-25-20-31-17-18-32-25)12-11-26(23-5-3-2-4-6-23)28(35-21)24-9-7-22(19-30)8-10-24/h2-11,13,15,17-18,20H,1,12,14,16,19,30H2,(H,34,36)/b15-13-,26-11-,33-27+,35-28-. The summed E-state index contributed by atoms with van der Waals surface area (Å²) in [5, 5.41) is 2.94. The van der Waals surface area contributed by atoms with Crippen molar-refractivity contribution in [3.8, 4) is 0 Å². The van der Waals surface area contributed by atoms with Gasteiger partial charge in [0.25, 0.3) is 5.91 Å². The molecule has 1 amide bonds. The summed E-state index contributed by atoms with van der Waals surface area (Å²) in [4.78, 5) is 30.5. The molecule has 36 heavy (non-hydrogen) atoms. The average Bonchev–Trinajstić information content (AvgIpc) is 2.92. The molecule has 3 N–H and O–H groups in total. The second kappa shape index (κ2) is 12.3. The van der Waals surface area contributed by atoms with Gasteiger partial charge in [-0.25, -0.2) is 4.99 Å². The molecule has 0 unspecified atom stereocenters. The number of aliphatic imine (C=N–C) groups is 2. The largest absolute Gasteiger partial charge is 0.351 e. The van der Waals surface area contributed by atoms with Crippen molar-refractivity contribution in [3.63, 3.8) is 0 Å². The van der Waals surface area contributed by atoms with Gasteiger partial charge in [0.15, 0.2) is 0 Å². The van der Waals surface area contributed by atoms with E-state index in [1.165, 1.54) is 0 Å². The predicted octanol–water partition coefficient (Wildman–Crippen LogP) is 4.04. The highest BCUT2D eigenvalue weighted by Gasteiger charge is 2.16. The highest BCUT2D eigenvalue weighted by Crippen LogP contribution is 2.24. The van der Waals surface area contributed by atoms with E-state index >= 15 is 0 Å². The third-order valence-corrected chi connectivity index (χ3v) is 5.60. The van der Waals surface area contributed by atoms with Gasteiger partial charge in [-0.15, -0.1) is 0 Å². The van der Waals surface area contributed by atoms with Crippen molar-refractivity contribution in [1.82, 2.24) is 15.3 Å². The van der Waals surface area contributed by atoms with Crippen molar-refractivity contribution in [2.24, 2.45) is 15.7 Å². The monoisotopic (exact) mass is 476 g/mol. The van der Waals surface area contributed by atoms with Gasteiger partial charge in [0.05, 0.1) is 17.1 Å². The lowest BCUT2D eigenvalue weighted by Gasteiger charge is -2.15. The van der Waals surface area contributed by atoms with Crippen LogP contribution in [0.5, 0.6) is 0 Å². The van der Waals surface area contributed by atoms with Crippen LogP contribution in [0.25, 0.3) is 5.57 Å². The van der Waals surface area contributed by atoms with Gasteiger partial charge in [0, 0.05) is 61.9 Å². The highest BCUT2D eigenvalue weighted by atomic mass is 16.1. The number of carbonyl (C=O) groups is 1. The number of hydrogen-bond donors (Lipinski definition) is 2. The van der Waals surface area contributed by atoms with Gasteiger partial charge >= 0.3 is 0 Å². The first-order valence-electron chi connectivity index (χ1n) is 11.7. The van der Waals surface area contributed by atoms with E-state index in [1.54, 1.807) is 30.9 Å². The van der Waals surface area contributed by atoms with Crippen LogP contribution in [0.3, 0.4) is 0 Å². The molecule has 0 aliphatic carbocycles. The van der Waals surface area contributed by atoms with Crippen molar-refractivity contribution in [2.75, 3.05) is 6.54 Å². The minimum absolute atomic E-state index is 0.232. The zero-order chi connectivity index (χ0) is 25.2. The van der Waals surface area contributed by atoms with Crippen LogP contribution in [0.4, 0.5) is 0 Å². The predicted molar refractivity (Wildman–Crippen MR) is 144 cm³/mol. The van der Waals surface area contributed by atoms with E-state index in [0.29, 0.717) is 37.3 Å². The van der Waals surface area contributed by atoms with E-state index in [4.69, 9.17) is 10.7 Å². The summed E-state index contributed by atoms with van der Waals surface area (Å²) in [5.74, 6) is -0.232. The zero-order valence-electron chi connectivity index (χ0n) is 20.0. The van der Waals surface area contributed by atoms with Gasteiger partial charge in [-0.1, -0.05) is 67.3 Å². The lowest BCUT2D eigenvalue weighted by atomic mass is 9.93. The number of hydrogen-bond acceptors (Lipinski definition) is 6. The molecule has 180 valence electrons. The Hall–Kier alpha value is -4.49. The molecule has 2 heterocycles. The summed E-state index contributed by atoms with van der Waals surface area (Å²) in [7, 11) is 0.